The van der Waals surface area contributed by atoms with E-state index in [9.17, 15) is 4.79 Å². The Morgan fingerprint density at radius 1 is 1.04 bits per heavy atom. The van der Waals surface area contributed by atoms with Crippen molar-refractivity contribution in [2.75, 3.05) is 32.8 Å². The highest BCUT2D eigenvalue weighted by Crippen LogP contribution is 2.40. The zero-order valence-corrected chi connectivity index (χ0v) is 16.5. The zero-order chi connectivity index (χ0) is 19.2. The molecule has 2 aliphatic heterocycles. The van der Waals surface area contributed by atoms with E-state index in [4.69, 9.17) is 4.74 Å². The van der Waals surface area contributed by atoms with Crippen LogP contribution in [0.25, 0.3) is 0 Å². The largest absolute Gasteiger partial charge is 0.376 e. The van der Waals surface area contributed by atoms with Gasteiger partial charge in [-0.1, -0.05) is 60.7 Å². The van der Waals surface area contributed by atoms with Crippen molar-refractivity contribution in [2.45, 2.75) is 37.2 Å². The summed E-state index contributed by atoms with van der Waals surface area (Å²) >= 11 is 0. The molecule has 2 aliphatic rings. The standard InChI is InChI=1S/C24H30N2O2/c27-23(25-17-22-13-7-16-28-22)18-26-15-8-14-24(19-26,20-9-3-1-4-10-20)21-11-5-2-6-12-21/h1-6,9-12,22H,7-8,13-19H2,(H,25,27). The maximum atomic E-state index is 12.5. The Hall–Kier alpha value is -2.17. The number of carbonyl (C=O) groups is 1. The van der Waals surface area contributed by atoms with Gasteiger partial charge in [0, 0.05) is 25.1 Å². The molecule has 148 valence electrons. The number of hydrogen-bond acceptors (Lipinski definition) is 3. The quantitative estimate of drug-likeness (QED) is 0.838. The Bertz CT molecular complexity index is 717. The monoisotopic (exact) mass is 378 g/mol. The number of piperidine rings is 1. The van der Waals surface area contributed by atoms with Gasteiger partial charge in [-0.2, -0.15) is 0 Å². The van der Waals surface area contributed by atoms with Gasteiger partial charge in [0.2, 0.25) is 5.91 Å². The number of carbonyl (C=O) groups excluding carboxylic acids is 1. The van der Waals surface area contributed by atoms with Crippen LogP contribution in [0, 0.1) is 0 Å². The smallest absolute Gasteiger partial charge is 0.234 e. The Labute approximate surface area is 167 Å². The number of rotatable bonds is 6. The topological polar surface area (TPSA) is 41.6 Å². The van der Waals surface area contributed by atoms with Crippen LogP contribution in [0.2, 0.25) is 0 Å². The molecule has 1 atom stereocenters. The summed E-state index contributed by atoms with van der Waals surface area (Å²) in [7, 11) is 0. The van der Waals surface area contributed by atoms with Crippen molar-refractivity contribution in [3.05, 3.63) is 71.8 Å². The predicted octanol–water partition coefficient (Wildman–Crippen LogP) is 3.36. The summed E-state index contributed by atoms with van der Waals surface area (Å²) in [5.41, 5.74) is 2.62. The molecule has 0 aliphatic carbocycles. The number of nitrogens with zero attached hydrogens (tertiary/aromatic N) is 1. The van der Waals surface area contributed by atoms with Gasteiger partial charge in [-0.3, -0.25) is 9.69 Å². The molecule has 2 aromatic carbocycles. The summed E-state index contributed by atoms with van der Waals surface area (Å²) < 4.78 is 5.61. The first-order valence-corrected chi connectivity index (χ1v) is 10.5. The molecule has 4 nitrogen and oxygen atoms in total. The molecule has 0 radical (unpaired) electrons. The minimum absolute atomic E-state index is 0.0599. The molecular formula is C24H30N2O2. The van der Waals surface area contributed by atoms with E-state index in [2.05, 4.69) is 70.9 Å². The van der Waals surface area contributed by atoms with Gasteiger partial charge in [0.05, 0.1) is 12.6 Å². The number of ether oxygens (including phenoxy) is 1. The molecule has 0 saturated carbocycles. The third-order valence-electron chi connectivity index (χ3n) is 6.14. The average molecular weight is 379 g/mol. The second-order valence-corrected chi connectivity index (χ2v) is 8.07. The fourth-order valence-electron chi connectivity index (χ4n) is 4.72. The van der Waals surface area contributed by atoms with Crippen LogP contribution < -0.4 is 5.32 Å². The van der Waals surface area contributed by atoms with Crippen LogP contribution in [0.1, 0.15) is 36.8 Å². The zero-order valence-electron chi connectivity index (χ0n) is 16.5. The molecule has 4 rings (SSSR count). The summed E-state index contributed by atoms with van der Waals surface area (Å²) in [4.78, 5) is 14.9. The summed E-state index contributed by atoms with van der Waals surface area (Å²) in [5.74, 6) is 0.104. The lowest BCUT2D eigenvalue weighted by Crippen LogP contribution is -2.50. The molecule has 4 heteroatoms. The van der Waals surface area contributed by atoms with E-state index < -0.39 is 0 Å². The van der Waals surface area contributed by atoms with Crippen LogP contribution in [0.3, 0.4) is 0 Å². The van der Waals surface area contributed by atoms with Crippen molar-refractivity contribution < 1.29 is 9.53 Å². The Balaban J connectivity index is 1.48. The highest BCUT2D eigenvalue weighted by atomic mass is 16.5. The maximum Gasteiger partial charge on any atom is 0.234 e. The van der Waals surface area contributed by atoms with Gasteiger partial charge in [-0.25, -0.2) is 0 Å². The Morgan fingerprint density at radius 3 is 2.32 bits per heavy atom. The second-order valence-electron chi connectivity index (χ2n) is 8.07. The van der Waals surface area contributed by atoms with Crippen molar-refractivity contribution in [3.63, 3.8) is 0 Å². The van der Waals surface area contributed by atoms with E-state index >= 15 is 0 Å². The Kier molecular flexibility index (Phi) is 6.08. The molecular weight excluding hydrogens is 348 g/mol. The van der Waals surface area contributed by atoms with Crippen LogP contribution in [-0.2, 0) is 14.9 Å². The Morgan fingerprint density at radius 2 is 1.71 bits per heavy atom. The van der Waals surface area contributed by atoms with Crippen LogP contribution in [0.15, 0.2) is 60.7 Å². The highest BCUT2D eigenvalue weighted by molar-refractivity contribution is 5.78. The fraction of sp³-hybridized carbons (Fsp3) is 0.458. The van der Waals surface area contributed by atoms with E-state index in [1.54, 1.807) is 0 Å². The number of benzene rings is 2. The molecule has 0 spiro atoms. The minimum atomic E-state index is -0.0599. The number of amides is 1. The first-order chi connectivity index (χ1) is 13.8. The lowest BCUT2D eigenvalue weighted by molar-refractivity contribution is -0.123. The van der Waals surface area contributed by atoms with Gasteiger partial charge >= 0.3 is 0 Å². The SMILES string of the molecule is O=C(CN1CCCC(c2ccccc2)(c2ccccc2)C1)NCC1CCCO1. The van der Waals surface area contributed by atoms with E-state index in [1.165, 1.54) is 11.1 Å². The van der Waals surface area contributed by atoms with Gasteiger partial charge in [0.25, 0.3) is 0 Å². The lowest BCUT2D eigenvalue weighted by atomic mass is 9.69. The van der Waals surface area contributed by atoms with Crippen LogP contribution in [0.4, 0.5) is 0 Å². The van der Waals surface area contributed by atoms with E-state index in [0.29, 0.717) is 13.1 Å². The molecule has 1 unspecified atom stereocenters. The van der Waals surface area contributed by atoms with Gasteiger partial charge in [0.1, 0.15) is 0 Å². The fourth-order valence-corrected chi connectivity index (χ4v) is 4.72. The highest BCUT2D eigenvalue weighted by Gasteiger charge is 2.38. The second kappa shape index (κ2) is 8.89. The van der Waals surface area contributed by atoms with Crippen molar-refractivity contribution >= 4 is 5.91 Å². The number of nitrogens with one attached hydrogen (secondary N) is 1. The van der Waals surface area contributed by atoms with Crippen LogP contribution >= 0.6 is 0 Å². The van der Waals surface area contributed by atoms with Gasteiger partial charge in [0.15, 0.2) is 0 Å². The lowest BCUT2D eigenvalue weighted by Gasteiger charge is -2.43. The summed E-state index contributed by atoms with van der Waals surface area (Å²) in [6, 6.07) is 21.5. The molecule has 1 amide bonds. The van der Waals surface area contributed by atoms with E-state index in [0.717, 1.165) is 45.4 Å². The summed E-state index contributed by atoms with van der Waals surface area (Å²) in [6.45, 7) is 3.75. The minimum Gasteiger partial charge on any atom is -0.376 e. The number of likely N-dealkylation sites (tertiary alicyclic amines) is 1. The summed E-state index contributed by atoms with van der Waals surface area (Å²) in [5, 5.41) is 3.07. The first-order valence-electron chi connectivity index (χ1n) is 10.5. The van der Waals surface area contributed by atoms with Crippen molar-refractivity contribution in [2.24, 2.45) is 0 Å². The average Bonchev–Trinajstić information content (AvgIpc) is 3.27. The molecule has 0 bridgehead atoms. The first kappa shape index (κ1) is 19.2. The molecule has 2 fully saturated rings. The molecule has 0 aromatic heterocycles. The van der Waals surface area contributed by atoms with Crippen molar-refractivity contribution in [3.8, 4) is 0 Å². The molecule has 2 saturated heterocycles. The van der Waals surface area contributed by atoms with E-state index in [1.807, 2.05) is 0 Å². The van der Waals surface area contributed by atoms with Gasteiger partial charge in [-0.15, -0.1) is 0 Å². The molecule has 2 aromatic rings. The van der Waals surface area contributed by atoms with Crippen LogP contribution in [-0.4, -0.2) is 49.7 Å². The van der Waals surface area contributed by atoms with Crippen molar-refractivity contribution in [1.29, 1.82) is 0 Å². The third kappa shape index (κ3) is 4.29. The van der Waals surface area contributed by atoms with Crippen LogP contribution in [0.5, 0.6) is 0 Å². The maximum absolute atomic E-state index is 12.5. The van der Waals surface area contributed by atoms with E-state index in [-0.39, 0.29) is 17.4 Å². The molecule has 28 heavy (non-hydrogen) atoms. The number of hydrogen-bond donors (Lipinski definition) is 1. The molecule has 1 N–H and O–H groups in total. The predicted molar refractivity (Wildman–Crippen MR) is 111 cm³/mol. The summed E-state index contributed by atoms with van der Waals surface area (Å²) in [6.07, 6.45) is 4.54. The van der Waals surface area contributed by atoms with Crippen molar-refractivity contribution in [1.82, 2.24) is 10.2 Å². The third-order valence-corrected chi connectivity index (χ3v) is 6.14. The van der Waals surface area contributed by atoms with Gasteiger partial charge < -0.3 is 10.1 Å². The van der Waals surface area contributed by atoms with Gasteiger partial charge in [-0.05, 0) is 43.4 Å². The molecule has 2 heterocycles. The normalized spacial score (nSPS) is 22.1.